The molecule has 0 saturated carbocycles. The molecule has 1 heterocycles. The maximum Gasteiger partial charge on any atom is 0.282 e. The Kier molecular flexibility index (Phi) is 4.23. The zero-order chi connectivity index (χ0) is 16.6. The fourth-order valence-electron chi connectivity index (χ4n) is 3.02. The number of rotatable bonds is 3. The summed E-state index contributed by atoms with van der Waals surface area (Å²) in [7, 11) is -0.584. The van der Waals surface area contributed by atoms with Gasteiger partial charge in [-0.15, -0.1) is 0 Å². The molecule has 0 fully saturated rings. The SMILES string of the molecule is CN(C)S(=O)(=O)N1CCc2ccccc2C1c1cccc(F)c1. The van der Waals surface area contributed by atoms with Crippen LogP contribution in [0, 0.1) is 5.82 Å². The second-order valence-corrected chi connectivity index (χ2v) is 7.90. The van der Waals surface area contributed by atoms with Crippen molar-refractivity contribution in [2.24, 2.45) is 0 Å². The Morgan fingerprint density at radius 2 is 1.87 bits per heavy atom. The lowest BCUT2D eigenvalue weighted by atomic mass is 9.90. The van der Waals surface area contributed by atoms with Crippen molar-refractivity contribution < 1.29 is 12.8 Å². The molecule has 0 spiro atoms. The van der Waals surface area contributed by atoms with Gasteiger partial charge in [0.05, 0.1) is 6.04 Å². The Hall–Kier alpha value is -1.76. The van der Waals surface area contributed by atoms with Crippen LogP contribution in [0.4, 0.5) is 4.39 Å². The van der Waals surface area contributed by atoms with Gasteiger partial charge in [-0.2, -0.15) is 17.0 Å². The molecule has 23 heavy (non-hydrogen) atoms. The highest BCUT2D eigenvalue weighted by Crippen LogP contribution is 2.37. The van der Waals surface area contributed by atoms with Gasteiger partial charge in [-0.3, -0.25) is 0 Å². The van der Waals surface area contributed by atoms with E-state index in [-0.39, 0.29) is 5.82 Å². The highest BCUT2D eigenvalue weighted by atomic mass is 32.2. The molecule has 0 radical (unpaired) electrons. The molecule has 122 valence electrons. The highest BCUT2D eigenvalue weighted by Gasteiger charge is 2.37. The number of benzene rings is 2. The van der Waals surface area contributed by atoms with E-state index in [1.54, 1.807) is 12.1 Å². The zero-order valence-electron chi connectivity index (χ0n) is 13.1. The predicted molar refractivity (Wildman–Crippen MR) is 87.7 cm³/mol. The summed E-state index contributed by atoms with van der Waals surface area (Å²) >= 11 is 0. The molecule has 0 aliphatic carbocycles. The summed E-state index contributed by atoms with van der Waals surface area (Å²) in [6, 6.07) is 13.4. The van der Waals surface area contributed by atoms with Crippen molar-refractivity contribution in [2.45, 2.75) is 12.5 Å². The van der Waals surface area contributed by atoms with Crippen LogP contribution in [0.25, 0.3) is 0 Å². The molecule has 0 saturated heterocycles. The van der Waals surface area contributed by atoms with Gasteiger partial charge in [-0.25, -0.2) is 4.39 Å². The average molecular weight is 334 g/mol. The Bertz CT molecular complexity index is 821. The van der Waals surface area contributed by atoms with Crippen molar-refractivity contribution in [1.82, 2.24) is 8.61 Å². The molecule has 1 aliphatic heterocycles. The van der Waals surface area contributed by atoms with Crippen LogP contribution in [0.1, 0.15) is 22.7 Å². The molecule has 4 nitrogen and oxygen atoms in total. The standard InChI is InChI=1S/C17H19FN2O2S/c1-19(2)23(21,22)20-11-10-13-6-3-4-9-16(13)17(20)14-7-5-8-15(18)12-14/h3-9,12,17H,10-11H2,1-2H3. The van der Waals surface area contributed by atoms with Crippen LogP contribution in [-0.4, -0.2) is 37.7 Å². The summed E-state index contributed by atoms with van der Waals surface area (Å²) in [5.74, 6) is -0.368. The van der Waals surface area contributed by atoms with E-state index in [4.69, 9.17) is 0 Å². The Balaban J connectivity index is 2.18. The van der Waals surface area contributed by atoms with Crippen LogP contribution in [0.2, 0.25) is 0 Å². The molecule has 1 unspecified atom stereocenters. The van der Waals surface area contributed by atoms with E-state index in [2.05, 4.69) is 0 Å². The third-order valence-corrected chi connectivity index (χ3v) is 6.07. The summed E-state index contributed by atoms with van der Waals surface area (Å²) < 4.78 is 41.8. The maximum atomic E-state index is 13.7. The van der Waals surface area contributed by atoms with Crippen molar-refractivity contribution in [3.63, 3.8) is 0 Å². The zero-order valence-corrected chi connectivity index (χ0v) is 13.9. The van der Waals surface area contributed by atoms with Gasteiger partial charge >= 0.3 is 0 Å². The average Bonchev–Trinajstić information content (AvgIpc) is 2.53. The van der Waals surface area contributed by atoms with Crippen LogP contribution in [0.15, 0.2) is 48.5 Å². The predicted octanol–water partition coefficient (Wildman–Crippen LogP) is 2.58. The van der Waals surface area contributed by atoms with Crippen LogP contribution in [0.5, 0.6) is 0 Å². The summed E-state index contributed by atoms with van der Waals surface area (Å²) in [6.45, 7) is 0.374. The second-order valence-electron chi connectivity index (χ2n) is 5.81. The molecule has 1 atom stereocenters. The Morgan fingerprint density at radius 1 is 1.13 bits per heavy atom. The van der Waals surface area contributed by atoms with Gasteiger partial charge in [0.25, 0.3) is 10.2 Å². The van der Waals surface area contributed by atoms with E-state index in [1.165, 1.54) is 34.8 Å². The lowest BCUT2D eigenvalue weighted by Crippen LogP contribution is -2.46. The van der Waals surface area contributed by atoms with Gasteiger partial charge in [-0.05, 0) is 35.2 Å². The minimum absolute atomic E-state index is 0.368. The summed E-state index contributed by atoms with van der Waals surface area (Å²) in [5, 5.41) is 0. The van der Waals surface area contributed by atoms with E-state index in [1.807, 2.05) is 24.3 Å². The monoisotopic (exact) mass is 334 g/mol. The van der Waals surface area contributed by atoms with Crippen molar-refractivity contribution in [3.05, 3.63) is 71.0 Å². The van der Waals surface area contributed by atoms with Crippen LogP contribution < -0.4 is 0 Å². The van der Waals surface area contributed by atoms with E-state index < -0.39 is 16.3 Å². The van der Waals surface area contributed by atoms with Crippen LogP contribution in [0.3, 0.4) is 0 Å². The van der Waals surface area contributed by atoms with Crippen molar-refractivity contribution in [3.8, 4) is 0 Å². The smallest absolute Gasteiger partial charge is 0.207 e. The molecular weight excluding hydrogens is 315 g/mol. The van der Waals surface area contributed by atoms with Gasteiger partial charge in [-0.1, -0.05) is 36.4 Å². The van der Waals surface area contributed by atoms with E-state index in [9.17, 15) is 12.8 Å². The van der Waals surface area contributed by atoms with Gasteiger partial charge < -0.3 is 0 Å². The van der Waals surface area contributed by atoms with Gasteiger partial charge in [0.1, 0.15) is 5.82 Å². The Morgan fingerprint density at radius 3 is 2.57 bits per heavy atom. The molecule has 0 aromatic heterocycles. The quantitative estimate of drug-likeness (QED) is 0.866. The van der Waals surface area contributed by atoms with Crippen molar-refractivity contribution >= 4 is 10.2 Å². The molecule has 0 bridgehead atoms. The van der Waals surface area contributed by atoms with E-state index in [0.29, 0.717) is 18.5 Å². The van der Waals surface area contributed by atoms with Gasteiger partial charge in [0.2, 0.25) is 0 Å². The lowest BCUT2D eigenvalue weighted by molar-refractivity contribution is 0.319. The second kappa shape index (κ2) is 6.03. The lowest BCUT2D eigenvalue weighted by Gasteiger charge is -2.38. The summed E-state index contributed by atoms with van der Waals surface area (Å²) in [4.78, 5) is 0. The molecular formula is C17H19FN2O2S. The molecule has 1 aliphatic rings. The first-order chi connectivity index (χ1) is 10.9. The molecule has 0 N–H and O–H groups in total. The van der Waals surface area contributed by atoms with Gasteiger partial charge in [0.15, 0.2) is 0 Å². The van der Waals surface area contributed by atoms with E-state index >= 15 is 0 Å². The molecule has 0 amide bonds. The Labute approximate surface area is 136 Å². The number of hydrogen-bond acceptors (Lipinski definition) is 2. The fraction of sp³-hybridized carbons (Fsp3) is 0.294. The largest absolute Gasteiger partial charge is 0.282 e. The molecule has 2 aromatic rings. The number of halogens is 1. The van der Waals surface area contributed by atoms with Crippen LogP contribution in [-0.2, 0) is 16.6 Å². The summed E-state index contributed by atoms with van der Waals surface area (Å²) in [5.41, 5.74) is 2.66. The first-order valence-electron chi connectivity index (χ1n) is 7.44. The normalized spacial score (nSPS) is 18.9. The minimum Gasteiger partial charge on any atom is -0.207 e. The topological polar surface area (TPSA) is 40.6 Å². The van der Waals surface area contributed by atoms with Crippen molar-refractivity contribution in [1.29, 1.82) is 0 Å². The number of fused-ring (bicyclic) bond motifs is 1. The minimum atomic E-state index is -3.61. The third-order valence-electron chi connectivity index (χ3n) is 4.16. The molecule has 3 rings (SSSR count). The van der Waals surface area contributed by atoms with Crippen LogP contribution >= 0.6 is 0 Å². The first-order valence-corrected chi connectivity index (χ1v) is 8.83. The first kappa shape index (κ1) is 16.1. The fourth-order valence-corrected chi connectivity index (χ4v) is 4.27. The number of hydrogen-bond donors (Lipinski definition) is 0. The third kappa shape index (κ3) is 2.89. The van der Waals surface area contributed by atoms with Gasteiger partial charge in [0, 0.05) is 20.6 Å². The highest BCUT2D eigenvalue weighted by molar-refractivity contribution is 7.86. The maximum absolute atomic E-state index is 13.7. The van der Waals surface area contributed by atoms with E-state index in [0.717, 1.165) is 11.1 Å². The number of nitrogens with zero attached hydrogens (tertiary/aromatic N) is 2. The molecule has 6 heteroatoms. The summed E-state index contributed by atoms with van der Waals surface area (Å²) in [6.07, 6.45) is 0.648. The molecule has 2 aromatic carbocycles. The van der Waals surface area contributed by atoms with Crippen molar-refractivity contribution in [2.75, 3.05) is 20.6 Å².